The maximum Gasteiger partial charge on any atom is 0.0632 e. The average molecular weight is 653 g/mol. The Kier molecular flexibility index (Phi) is 3.98. The highest BCUT2D eigenvalue weighted by molar-refractivity contribution is 9.10. The molecule has 0 amide bonds. The van der Waals surface area contributed by atoms with E-state index < -0.39 is 23.5 Å². The van der Waals surface area contributed by atoms with E-state index in [0.717, 1.165) is 56.9 Å². The quantitative estimate of drug-likeness (QED) is 0.178. The summed E-state index contributed by atoms with van der Waals surface area (Å²) in [5, 5.41) is 2.16. The van der Waals surface area contributed by atoms with E-state index in [-0.39, 0.29) is 46.9 Å². The SMILES string of the molecule is [2H]c1c([2H])c([2H])c2c([2H])c(CC3(c4cccc5c4sc4ccccc45)c4ccc(Br)cc4-c4cc(Br)ccc43)c([2H])c([2H])c2c1[2H]. The Morgan fingerprint density at radius 3 is 2.13 bits per heavy atom. The van der Waals surface area contributed by atoms with Crippen molar-refractivity contribution in [2.24, 2.45) is 0 Å². The fourth-order valence-corrected chi connectivity index (χ4v) is 8.22. The highest BCUT2D eigenvalue weighted by Crippen LogP contribution is 2.57. The Morgan fingerprint density at radius 2 is 1.36 bits per heavy atom. The molecule has 0 fully saturated rings. The first kappa shape index (κ1) is 17.5. The normalized spacial score (nSPS) is 16.2. The van der Waals surface area contributed by atoms with Crippen molar-refractivity contribution in [3.63, 3.8) is 0 Å². The molecule has 0 saturated heterocycles. The van der Waals surface area contributed by atoms with Gasteiger partial charge in [-0.2, -0.15) is 0 Å². The zero-order valence-corrected chi connectivity index (χ0v) is 24.4. The van der Waals surface area contributed by atoms with E-state index in [1.54, 1.807) is 11.3 Å². The van der Waals surface area contributed by atoms with Crippen LogP contribution < -0.4 is 0 Å². The highest BCUT2D eigenvalue weighted by Gasteiger charge is 2.46. The third kappa shape index (κ3) is 3.53. The lowest BCUT2D eigenvalue weighted by molar-refractivity contribution is 0.636. The minimum Gasteiger partial charge on any atom is -0.135 e. The fraction of sp³-hybridized carbons (Fsp3) is 0.0556. The van der Waals surface area contributed by atoms with Crippen LogP contribution in [0.2, 0.25) is 0 Å². The summed E-state index contributed by atoms with van der Waals surface area (Å²) in [6.07, 6.45) is 0.145. The van der Waals surface area contributed by atoms with Crippen LogP contribution in [-0.4, -0.2) is 0 Å². The van der Waals surface area contributed by atoms with Crippen LogP contribution in [0.4, 0.5) is 0 Å². The van der Waals surface area contributed by atoms with E-state index in [1.807, 2.05) is 24.3 Å². The molecule has 0 radical (unpaired) electrons. The van der Waals surface area contributed by atoms with Gasteiger partial charge in [-0.1, -0.05) is 123 Å². The van der Waals surface area contributed by atoms with Gasteiger partial charge in [0.15, 0.2) is 0 Å². The van der Waals surface area contributed by atoms with Crippen molar-refractivity contribution >= 4 is 74.1 Å². The molecule has 7 aromatic rings. The van der Waals surface area contributed by atoms with Crippen molar-refractivity contribution in [1.82, 2.24) is 0 Å². The van der Waals surface area contributed by atoms with Crippen molar-refractivity contribution in [3.8, 4) is 11.1 Å². The monoisotopic (exact) mass is 651 g/mol. The number of halogens is 2. The molecule has 0 nitrogen and oxygen atoms in total. The number of thiophene rings is 1. The molecule has 1 aromatic heterocycles. The van der Waals surface area contributed by atoms with Crippen LogP contribution in [0.15, 0.2) is 130 Å². The Balaban J connectivity index is 1.54. The van der Waals surface area contributed by atoms with Gasteiger partial charge in [-0.15, -0.1) is 11.3 Å². The molecule has 1 aliphatic carbocycles. The second kappa shape index (κ2) is 8.89. The Morgan fingerprint density at radius 1 is 0.667 bits per heavy atom. The summed E-state index contributed by atoms with van der Waals surface area (Å²) < 4.78 is 65.5. The van der Waals surface area contributed by atoms with Gasteiger partial charge in [-0.05, 0) is 80.9 Å². The molecule has 0 atom stereocenters. The van der Waals surface area contributed by atoms with Gasteiger partial charge < -0.3 is 0 Å². The van der Waals surface area contributed by atoms with Crippen LogP contribution in [0.1, 0.15) is 31.8 Å². The van der Waals surface area contributed by atoms with E-state index in [1.165, 1.54) is 0 Å². The number of hydrogen-bond acceptors (Lipinski definition) is 1. The zero-order valence-electron chi connectivity index (χ0n) is 27.4. The minimum atomic E-state index is -0.886. The van der Waals surface area contributed by atoms with E-state index in [2.05, 4.69) is 86.5 Å². The van der Waals surface area contributed by atoms with Gasteiger partial charge in [-0.3, -0.25) is 0 Å². The second-order valence-electron chi connectivity index (χ2n) is 9.85. The van der Waals surface area contributed by atoms with E-state index >= 15 is 0 Å². The van der Waals surface area contributed by atoms with Gasteiger partial charge in [-0.25, -0.2) is 0 Å². The summed E-state index contributed by atoms with van der Waals surface area (Å²) in [7, 11) is 0. The first-order valence-corrected chi connectivity index (χ1v) is 14.9. The number of benzene rings is 6. The van der Waals surface area contributed by atoms with Crippen molar-refractivity contribution in [2.75, 3.05) is 0 Å². The van der Waals surface area contributed by atoms with Crippen LogP contribution in [-0.2, 0) is 11.8 Å². The topological polar surface area (TPSA) is 0 Å². The average Bonchev–Trinajstić information content (AvgIpc) is 3.56. The van der Waals surface area contributed by atoms with Gasteiger partial charge in [0, 0.05) is 29.1 Å². The predicted octanol–water partition coefficient (Wildman–Crippen LogP) is 11.3. The lowest BCUT2D eigenvalue weighted by atomic mass is 9.68. The van der Waals surface area contributed by atoms with Crippen molar-refractivity contribution < 1.29 is 9.60 Å². The minimum absolute atomic E-state index is 0.0257. The molecule has 3 heteroatoms. The molecular weight excluding hydrogens is 624 g/mol. The highest BCUT2D eigenvalue weighted by atomic mass is 79.9. The van der Waals surface area contributed by atoms with Gasteiger partial charge in [0.05, 0.1) is 15.0 Å². The molecular formula is C36H22Br2S. The first-order chi connectivity index (χ1) is 22.0. The maximum absolute atomic E-state index is 9.42. The Hall–Kier alpha value is -3.24. The fourth-order valence-electron chi connectivity index (χ4n) is 6.20. The van der Waals surface area contributed by atoms with Crippen LogP contribution in [0.5, 0.6) is 0 Å². The number of hydrogen-bond donors (Lipinski definition) is 0. The summed E-state index contributed by atoms with van der Waals surface area (Å²) in [5.41, 5.74) is 4.47. The Bertz CT molecular complexity index is 2420. The van der Waals surface area contributed by atoms with Crippen LogP contribution in [0, 0.1) is 0 Å². The van der Waals surface area contributed by atoms with Crippen molar-refractivity contribution in [1.29, 1.82) is 0 Å². The molecule has 186 valence electrons. The predicted molar refractivity (Wildman–Crippen MR) is 174 cm³/mol. The number of rotatable bonds is 3. The van der Waals surface area contributed by atoms with E-state index in [9.17, 15) is 2.74 Å². The van der Waals surface area contributed by atoms with Crippen LogP contribution in [0.3, 0.4) is 0 Å². The van der Waals surface area contributed by atoms with Gasteiger partial charge >= 0.3 is 0 Å². The van der Waals surface area contributed by atoms with Crippen molar-refractivity contribution in [3.05, 3.63) is 152 Å². The number of fused-ring (bicyclic) bond motifs is 7. The largest absolute Gasteiger partial charge is 0.135 e. The summed E-state index contributed by atoms with van der Waals surface area (Å²) >= 11 is 9.07. The second-order valence-corrected chi connectivity index (χ2v) is 12.7. The Labute approximate surface area is 258 Å². The lowest BCUT2D eigenvalue weighted by Gasteiger charge is -2.34. The molecule has 0 unspecified atom stereocenters. The molecule has 8 rings (SSSR count). The van der Waals surface area contributed by atoms with Gasteiger partial charge in [0.2, 0.25) is 0 Å². The standard InChI is InChI=1S/C36H22Br2S/c37-25-14-16-31-29(19-25)30-20-26(38)15-17-32(30)36(31,21-22-12-13-23-6-1-2-7-24(23)18-22)33-10-5-9-28-27-8-3-4-11-34(27)39-35(28)33/h1-20H,21H2/i1D,2D,6D,7D,12D,13D,18D. The summed E-state index contributed by atoms with van der Waals surface area (Å²) in [4.78, 5) is 0. The third-order valence-corrected chi connectivity index (χ3v) is 9.99. The van der Waals surface area contributed by atoms with E-state index in [4.69, 9.17) is 6.85 Å². The maximum atomic E-state index is 9.42. The zero-order chi connectivity index (χ0) is 32.2. The molecule has 1 heterocycles. The molecule has 1 aliphatic rings. The smallest absolute Gasteiger partial charge is 0.0632 e. The molecule has 0 bridgehead atoms. The summed E-state index contributed by atoms with van der Waals surface area (Å²) in [6.45, 7) is 0. The van der Waals surface area contributed by atoms with Crippen LogP contribution in [0.25, 0.3) is 42.1 Å². The molecule has 6 aromatic carbocycles. The van der Waals surface area contributed by atoms with Gasteiger partial charge in [0.25, 0.3) is 0 Å². The van der Waals surface area contributed by atoms with Gasteiger partial charge in [0.1, 0.15) is 0 Å². The van der Waals surface area contributed by atoms with Crippen LogP contribution >= 0.6 is 43.2 Å². The lowest BCUT2D eigenvalue weighted by Crippen LogP contribution is -2.30. The molecule has 0 saturated carbocycles. The third-order valence-electron chi connectivity index (χ3n) is 7.78. The summed E-state index contributed by atoms with van der Waals surface area (Å²) in [6, 6.07) is 24.7. The van der Waals surface area contributed by atoms with E-state index in [0.29, 0.717) is 0 Å². The molecule has 0 spiro atoms. The van der Waals surface area contributed by atoms with Crippen molar-refractivity contribution in [2.45, 2.75) is 11.8 Å². The molecule has 0 aliphatic heterocycles. The first-order valence-electron chi connectivity index (χ1n) is 16.0. The summed E-state index contributed by atoms with van der Waals surface area (Å²) in [5.74, 6) is 0. The molecule has 0 N–H and O–H groups in total. The molecule has 39 heavy (non-hydrogen) atoms.